The summed E-state index contributed by atoms with van der Waals surface area (Å²) in [6.07, 6.45) is 2.89. The molecule has 3 unspecified atom stereocenters. The van der Waals surface area contributed by atoms with E-state index in [1.54, 1.807) is 0 Å². The number of amides is 1. The second-order valence-electron chi connectivity index (χ2n) is 6.68. The van der Waals surface area contributed by atoms with Gasteiger partial charge in [-0.15, -0.1) is 12.4 Å². The van der Waals surface area contributed by atoms with Crippen molar-refractivity contribution in [1.82, 2.24) is 26.1 Å². The van der Waals surface area contributed by atoms with E-state index in [4.69, 9.17) is 0 Å². The third-order valence-electron chi connectivity index (χ3n) is 5.27. The number of piperidine rings is 1. The minimum atomic E-state index is -0.111. The van der Waals surface area contributed by atoms with Gasteiger partial charge in [0, 0.05) is 55.4 Å². The lowest BCUT2D eigenvalue weighted by atomic mass is 9.89. The van der Waals surface area contributed by atoms with E-state index in [-0.39, 0.29) is 24.4 Å². The molecule has 0 radical (unpaired) electrons. The largest absolute Gasteiger partial charge is 0.353 e. The number of rotatable bonds is 2. The molecule has 4 heterocycles. The van der Waals surface area contributed by atoms with Crippen LogP contribution in [0.5, 0.6) is 0 Å². The number of nitrogens with zero attached hydrogens (tertiary/aromatic N) is 3. The number of hydrogen-bond acceptors (Lipinski definition) is 6. The van der Waals surface area contributed by atoms with E-state index in [0.29, 0.717) is 12.0 Å². The number of anilines is 1. The Morgan fingerprint density at radius 3 is 2.72 bits per heavy atom. The van der Waals surface area contributed by atoms with Gasteiger partial charge in [-0.05, 0) is 41.0 Å². The number of carbonyl (C=O) groups is 1. The summed E-state index contributed by atoms with van der Waals surface area (Å²) in [5.74, 6) is 1.54. The molecule has 138 valence electrons. The van der Waals surface area contributed by atoms with Crippen LogP contribution in [0.1, 0.15) is 6.42 Å². The molecule has 7 nitrogen and oxygen atoms in total. The molecule has 1 aromatic heterocycles. The number of hydrazine groups is 1. The molecule has 1 aromatic rings. The SMILES string of the molecule is Cl.O=C(C1NNC2CCNCC21)N1CCN(c2ccc(Br)cn2)CC1. The maximum absolute atomic E-state index is 12.9. The summed E-state index contributed by atoms with van der Waals surface area (Å²) in [6.45, 7) is 5.08. The van der Waals surface area contributed by atoms with Crippen molar-refractivity contribution in [2.75, 3.05) is 44.2 Å². The molecule has 3 N–H and O–H groups in total. The number of hydrogen-bond donors (Lipinski definition) is 3. The van der Waals surface area contributed by atoms with Gasteiger partial charge in [0.1, 0.15) is 11.9 Å². The van der Waals surface area contributed by atoms with Crippen LogP contribution in [0.2, 0.25) is 0 Å². The maximum atomic E-state index is 12.9. The lowest BCUT2D eigenvalue weighted by Gasteiger charge is -2.37. The summed E-state index contributed by atoms with van der Waals surface area (Å²) in [5.41, 5.74) is 6.54. The van der Waals surface area contributed by atoms with E-state index < -0.39 is 0 Å². The van der Waals surface area contributed by atoms with E-state index >= 15 is 0 Å². The Morgan fingerprint density at radius 1 is 1.20 bits per heavy atom. The third kappa shape index (κ3) is 3.93. The van der Waals surface area contributed by atoms with Crippen molar-refractivity contribution in [2.45, 2.75) is 18.5 Å². The average Bonchev–Trinajstić information content (AvgIpc) is 3.06. The topological polar surface area (TPSA) is 72.5 Å². The molecule has 3 aliphatic rings. The Balaban J connectivity index is 0.00000182. The second kappa shape index (κ2) is 8.18. The highest BCUT2D eigenvalue weighted by Crippen LogP contribution is 2.23. The predicted molar refractivity (Wildman–Crippen MR) is 103 cm³/mol. The molecule has 25 heavy (non-hydrogen) atoms. The number of halogens is 2. The fourth-order valence-corrected chi connectivity index (χ4v) is 4.10. The number of pyridine rings is 1. The molecular weight excluding hydrogens is 408 g/mol. The number of carbonyl (C=O) groups excluding carboxylic acids is 1. The Bertz CT molecular complexity index is 595. The molecule has 3 fully saturated rings. The number of piperazine rings is 1. The number of aromatic nitrogens is 1. The van der Waals surface area contributed by atoms with Crippen LogP contribution >= 0.6 is 28.3 Å². The van der Waals surface area contributed by atoms with Crippen LogP contribution in [-0.2, 0) is 4.79 Å². The first kappa shape index (κ1) is 18.8. The first-order valence-corrected chi connectivity index (χ1v) is 9.39. The van der Waals surface area contributed by atoms with E-state index in [1.165, 1.54) is 0 Å². The fourth-order valence-electron chi connectivity index (χ4n) is 3.87. The molecule has 3 saturated heterocycles. The summed E-state index contributed by atoms with van der Waals surface area (Å²) < 4.78 is 0.982. The quantitative estimate of drug-likeness (QED) is 0.628. The lowest BCUT2D eigenvalue weighted by Crippen LogP contribution is -2.56. The normalized spacial score (nSPS) is 29.1. The summed E-state index contributed by atoms with van der Waals surface area (Å²) in [5, 5.41) is 3.41. The fraction of sp³-hybridized carbons (Fsp3) is 0.625. The van der Waals surface area contributed by atoms with Gasteiger partial charge in [0.2, 0.25) is 5.91 Å². The molecule has 4 rings (SSSR count). The van der Waals surface area contributed by atoms with Crippen LogP contribution in [0, 0.1) is 5.92 Å². The Kier molecular flexibility index (Phi) is 6.17. The van der Waals surface area contributed by atoms with Gasteiger partial charge in [-0.3, -0.25) is 10.2 Å². The van der Waals surface area contributed by atoms with Crippen LogP contribution < -0.4 is 21.1 Å². The molecule has 1 amide bonds. The van der Waals surface area contributed by atoms with Gasteiger partial charge < -0.3 is 15.1 Å². The van der Waals surface area contributed by atoms with E-state index in [2.05, 4.69) is 42.0 Å². The predicted octanol–water partition coefficient (Wildman–Crippen LogP) is 0.369. The number of nitrogens with one attached hydrogen (secondary N) is 3. The average molecular weight is 432 g/mol. The summed E-state index contributed by atoms with van der Waals surface area (Å²) in [4.78, 5) is 21.6. The molecule has 3 atom stereocenters. The van der Waals surface area contributed by atoms with E-state index in [0.717, 1.165) is 56.0 Å². The maximum Gasteiger partial charge on any atom is 0.241 e. The van der Waals surface area contributed by atoms with Crippen molar-refractivity contribution in [1.29, 1.82) is 0 Å². The van der Waals surface area contributed by atoms with Gasteiger partial charge in [0.05, 0.1) is 0 Å². The zero-order valence-electron chi connectivity index (χ0n) is 13.9. The molecular formula is C16H24BrClN6O. The van der Waals surface area contributed by atoms with Crippen molar-refractivity contribution in [3.8, 4) is 0 Å². The molecule has 0 saturated carbocycles. The highest BCUT2D eigenvalue weighted by molar-refractivity contribution is 9.10. The molecule has 0 bridgehead atoms. The van der Waals surface area contributed by atoms with Crippen LogP contribution in [0.3, 0.4) is 0 Å². The standard InChI is InChI=1S/C16H23BrN6O.ClH/c17-11-1-2-14(19-9-11)22-5-7-23(8-6-22)16(24)15-12-10-18-4-3-13(12)20-21-15;/h1-2,9,12-13,15,18,20-21H,3-8,10H2;1H. The highest BCUT2D eigenvalue weighted by Gasteiger charge is 2.43. The Labute approximate surface area is 162 Å². The van der Waals surface area contributed by atoms with Crippen LogP contribution in [0.4, 0.5) is 5.82 Å². The van der Waals surface area contributed by atoms with E-state index in [9.17, 15) is 4.79 Å². The minimum Gasteiger partial charge on any atom is -0.353 e. The van der Waals surface area contributed by atoms with E-state index in [1.807, 2.05) is 23.2 Å². The summed E-state index contributed by atoms with van der Waals surface area (Å²) in [6, 6.07) is 4.32. The molecule has 3 aliphatic heterocycles. The van der Waals surface area contributed by atoms with Crippen molar-refractivity contribution < 1.29 is 4.79 Å². The van der Waals surface area contributed by atoms with Crippen molar-refractivity contribution in [3.63, 3.8) is 0 Å². The minimum absolute atomic E-state index is 0. The van der Waals surface area contributed by atoms with Gasteiger partial charge in [-0.2, -0.15) is 0 Å². The molecule has 9 heteroatoms. The summed E-state index contributed by atoms with van der Waals surface area (Å²) >= 11 is 3.41. The Morgan fingerprint density at radius 2 is 2.00 bits per heavy atom. The molecule has 0 aliphatic carbocycles. The Hall–Kier alpha value is -0.930. The first-order valence-electron chi connectivity index (χ1n) is 8.59. The first-order chi connectivity index (χ1) is 11.7. The van der Waals surface area contributed by atoms with Gasteiger partial charge in [0.15, 0.2) is 0 Å². The van der Waals surface area contributed by atoms with Crippen LogP contribution in [-0.4, -0.2) is 67.1 Å². The molecule has 0 aromatic carbocycles. The number of fused-ring (bicyclic) bond motifs is 1. The zero-order chi connectivity index (χ0) is 16.5. The van der Waals surface area contributed by atoms with Gasteiger partial charge in [-0.25, -0.2) is 10.4 Å². The van der Waals surface area contributed by atoms with Crippen molar-refractivity contribution >= 4 is 40.1 Å². The van der Waals surface area contributed by atoms with Gasteiger partial charge >= 0.3 is 0 Å². The van der Waals surface area contributed by atoms with Gasteiger partial charge in [-0.1, -0.05) is 0 Å². The van der Waals surface area contributed by atoms with Gasteiger partial charge in [0.25, 0.3) is 0 Å². The van der Waals surface area contributed by atoms with Crippen molar-refractivity contribution in [3.05, 3.63) is 22.8 Å². The highest BCUT2D eigenvalue weighted by atomic mass is 79.9. The second-order valence-corrected chi connectivity index (χ2v) is 7.59. The van der Waals surface area contributed by atoms with Crippen LogP contribution in [0.15, 0.2) is 22.8 Å². The summed E-state index contributed by atoms with van der Waals surface area (Å²) in [7, 11) is 0. The zero-order valence-corrected chi connectivity index (χ0v) is 16.4. The van der Waals surface area contributed by atoms with Crippen molar-refractivity contribution in [2.24, 2.45) is 5.92 Å². The monoisotopic (exact) mass is 430 g/mol. The van der Waals surface area contributed by atoms with Crippen LogP contribution in [0.25, 0.3) is 0 Å². The molecule has 0 spiro atoms. The lowest BCUT2D eigenvalue weighted by molar-refractivity contribution is -0.134. The smallest absolute Gasteiger partial charge is 0.241 e. The third-order valence-corrected chi connectivity index (χ3v) is 5.74.